The second-order valence-electron chi connectivity index (χ2n) is 7.44. The second-order valence-corrected chi connectivity index (χ2v) is 8.37. The van der Waals surface area contributed by atoms with Crippen molar-refractivity contribution in [3.05, 3.63) is 27.8 Å². The summed E-state index contributed by atoms with van der Waals surface area (Å²) in [6.07, 6.45) is 3.47. The van der Waals surface area contributed by atoms with E-state index >= 15 is 0 Å². The molecule has 1 aliphatic rings. The summed E-state index contributed by atoms with van der Waals surface area (Å²) in [6.45, 7) is 7.94. The molecule has 0 aliphatic carbocycles. The van der Waals surface area contributed by atoms with Gasteiger partial charge < -0.3 is 4.90 Å². The quantitative estimate of drug-likeness (QED) is 0.471. The number of imidazole rings is 1. The highest BCUT2D eigenvalue weighted by Crippen LogP contribution is 2.26. The highest BCUT2D eigenvalue weighted by Gasteiger charge is 2.23. The Morgan fingerprint density at radius 1 is 1.07 bits per heavy atom. The minimum atomic E-state index is -0.138. The predicted molar refractivity (Wildman–Crippen MR) is 118 cm³/mol. The molecule has 3 aromatic rings. The normalized spacial score (nSPS) is 14.1. The van der Waals surface area contributed by atoms with Gasteiger partial charge in [-0.05, 0) is 57.9 Å². The van der Waals surface area contributed by atoms with Crippen molar-refractivity contribution >= 4 is 28.9 Å². The molecule has 1 fully saturated rings. The molecule has 1 aliphatic heterocycles. The number of hydrogen-bond donors (Lipinski definition) is 0. The molecular formula is C21H25N7OS. The lowest BCUT2D eigenvalue weighted by atomic mass is 10.1. The maximum Gasteiger partial charge on any atom is 0.280 e. The molecule has 4 heterocycles. The van der Waals surface area contributed by atoms with E-state index < -0.39 is 0 Å². The van der Waals surface area contributed by atoms with E-state index in [9.17, 15) is 4.79 Å². The lowest BCUT2D eigenvalue weighted by molar-refractivity contribution is 0.561. The van der Waals surface area contributed by atoms with E-state index in [1.165, 1.54) is 18.2 Å². The zero-order valence-corrected chi connectivity index (χ0v) is 18.6. The molecule has 0 amide bonds. The van der Waals surface area contributed by atoms with Crippen LogP contribution in [0.5, 0.6) is 0 Å². The van der Waals surface area contributed by atoms with Crippen molar-refractivity contribution in [1.29, 1.82) is 0 Å². The van der Waals surface area contributed by atoms with Crippen molar-refractivity contribution < 1.29 is 0 Å². The van der Waals surface area contributed by atoms with E-state index in [-0.39, 0.29) is 5.56 Å². The number of rotatable bonds is 4. The zero-order valence-electron chi connectivity index (χ0n) is 17.8. The topological polar surface area (TPSA) is 81.7 Å². The second kappa shape index (κ2) is 8.48. The van der Waals surface area contributed by atoms with E-state index in [0.717, 1.165) is 43.3 Å². The van der Waals surface area contributed by atoms with Crippen molar-refractivity contribution in [1.82, 2.24) is 29.1 Å². The molecule has 4 rings (SSSR count). The van der Waals surface area contributed by atoms with Crippen LogP contribution in [-0.2, 0) is 13.6 Å². The van der Waals surface area contributed by atoms with Gasteiger partial charge in [-0.1, -0.05) is 5.92 Å². The van der Waals surface area contributed by atoms with Gasteiger partial charge in [0.25, 0.3) is 5.56 Å². The van der Waals surface area contributed by atoms with Gasteiger partial charge in [-0.3, -0.25) is 13.9 Å². The van der Waals surface area contributed by atoms with Gasteiger partial charge in [-0.25, -0.2) is 15.0 Å². The lowest BCUT2D eigenvalue weighted by Gasteiger charge is -2.27. The highest BCUT2D eigenvalue weighted by molar-refractivity contribution is 7.99. The van der Waals surface area contributed by atoms with Crippen molar-refractivity contribution in [3.8, 4) is 11.8 Å². The average molecular weight is 424 g/mol. The summed E-state index contributed by atoms with van der Waals surface area (Å²) < 4.78 is 3.46. The maximum absolute atomic E-state index is 13.3. The van der Waals surface area contributed by atoms with Crippen LogP contribution in [0, 0.1) is 25.7 Å². The molecule has 156 valence electrons. The van der Waals surface area contributed by atoms with E-state index in [2.05, 4.69) is 26.7 Å². The Bertz CT molecular complexity index is 1190. The van der Waals surface area contributed by atoms with Crippen LogP contribution in [0.3, 0.4) is 0 Å². The van der Waals surface area contributed by atoms with Gasteiger partial charge in [-0.2, -0.15) is 4.98 Å². The zero-order chi connectivity index (χ0) is 21.3. The third-order valence-corrected chi connectivity index (χ3v) is 6.03. The van der Waals surface area contributed by atoms with Gasteiger partial charge in [0, 0.05) is 31.5 Å². The summed E-state index contributed by atoms with van der Waals surface area (Å²) in [6, 6.07) is 1.92. The number of piperidine rings is 1. The van der Waals surface area contributed by atoms with Crippen molar-refractivity contribution in [3.63, 3.8) is 0 Å². The van der Waals surface area contributed by atoms with E-state index in [1.807, 2.05) is 24.5 Å². The van der Waals surface area contributed by atoms with E-state index in [0.29, 0.717) is 28.0 Å². The lowest BCUT2D eigenvalue weighted by Crippen LogP contribution is -2.32. The molecule has 0 bridgehead atoms. The first-order valence-corrected chi connectivity index (χ1v) is 10.9. The smallest absolute Gasteiger partial charge is 0.280 e. The first kappa shape index (κ1) is 20.4. The van der Waals surface area contributed by atoms with Crippen molar-refractivity contribution in [2.45, 2.75) is 56.9 Å². The molecule has 0 N–H and O–H groups in total. The molecule has 0 saturated carbocycles. The van der Waals surface area contributed by atoms with Crippen molar-refractivity contribution in [2.24, 2.45) is 7.05 Å². The average Bonchev–Trinajstić information content (AvgIpc) is 3.08. The van der Waals surface area contributed by atoms with Crippen LogP contribution in [0.1, 0.15) is 37.6 Å². The fourth-order valence-corrected chi connectivity index (χ4v) is 4.58. The molecule has 8 nitrogen and oxygen atoms in total. The van der Waals surface area contributed by atoms with Crippen LogP contribution in [0.4, 0.5) is 5.95 Å². The molecule has 0 spiro atoms. The molecule has 0 aromatic carbocycles. The monoisotopic (exact) mass is 423 g/mol. The number of hydrogen-bond acceptors (Lipinski definition) is 7. The highest BCUT2D eigenvalue weighted by atomic mass is 32.2. The molecule has 3 aromatic heterocycles. The van der Waals surface area contributed by atoms with Gasteiger partial charge in [0.2, 0.25) is 5.95 Å². The van der Waals surface area contributed by atoms with Crippen LogP contribution in [-0.4, -0.2) is 42.2 Å². The summed E-state index contributed by atoms with van der Waals surface area (Å²) in [5.74, 6) is 6.78. The molecule has 1 saturated heterocycles. The van der Waals surface area contributed by atoms with Crippen LogP contribution in [0.15, 0.2) is 21.2 Å². The minimum absolute atomic E-state index is 0.138. The van der Waals surface area contributed by atoms with Crippen LogP contribution < -0.4 is 10.5 Å². The number of nitrogens with zero attached hydrogens (tertiary/aromatic N) is 7. The van der Waals surface area contributed by atoms with Gasteiger partial charge in [0.05, 0.1) is 6.54 Å². The summed E-state index contributed by atoms with van der Waals surface area (Å²) in [5.41, 5.74) is 2.56. The summed E-state index contributed by atoms with van der Waals surface area (Å²) >= 11 is 1.28. The first-order chi connectivity index (χ1) is 14.5. The predicted octanol–water partition coefficient (Wildman–Crippen LogP) is 2.70. The van der Waals surface area contributed by atoms with Gasteiger partial charge >= 0.3 is 0 Å². The minimum Gasteiger partial charge on any atom is -0.342 e. The molecule has 9 heteroatoms. The summed E-state index contributed by atoms with van der Waals surface area (Å²) in [4.78, 5) is 33.9. The maximum atomic E-state index is 13.3. The Balaban J connectivity index is 1.84. The molecular weight excluding hydrogens is 398 g/mol. The third kappa shape index (κ3) is 3.92. The van der Waals surface area contributed by atoms with Crippen molar-refractivity contribution in [2.75, 3.05) is 18.0 Å². The van der Waals surface area contributed by atoms with E-state index in [4.69, 9.17) is 9.97 Å². The Labute approximate surface area is 179 Å². The Morgan fingerprint density at radius 3 is 2.43 bits per heavy atom. The molecule has 0 radical (unpaired) electrons. The molecule has 0 atom stereocenters. The van der Waals surface area contributed by atoms with Gasteiger partial charge in [0.15, 0.2) is 21.5 Å². The van der Waals surface area contributed by atoms with Gasteiger partial charge in [0.1, 0.15) is 0 Å². The van der Waals surface area contributed by atoms with Gasteiger partial charge in [-0.15, -0.1) is 5.92 Å². The summed E-state index contributed by atoms with van der Waals surface area (Å²) in [7, 11) is 1.73. The fraction of sp³-hybridized carbons (Fsp3) is 0.476. The van der Waals surface area contributed by atoms with E-state index in [1.54, 1.807) is 18.5 Å². The number of anilines is 1. The molecule has 0 unspecified atom stereocenters. The fourth-order valence-electron chi connectivity index (χ4n) is 3.68. The number of aromatic nitrogens is 6. The standard InChI is InChI=1S/C21H25N7OS/c1-5-6-12-28-16-17(24-20(28)27-10-8-7-9-11-27)25-21(26(4)18(16)29)30-19-22-14(2)13-15(3)23-19/h13H,7-12H2,1-4H3. The third-order valence-electron chi connectivity index (χ3n) is 5.12. The number of fused-ring (bicyclic) bond motifs is 1. The first-order valence-electron chi connectivity index (χ1n) is 10.1. The summed E-state index contributed by atoms with van der Waals surface area (Å²) in [5, 5.41) is 1.09. The van der Waals surface area contributed by atoms with Crippen LogP contribution >= 0.6 is 11.8 Å². The number of aryl methyl sites for hydroxylation is 2. The van der Waals surface area contributed by atoms with Crippen LogP contribution in [0.25, 0.3) is 11.2 Å². The Kier molecular flexibility index (Phi) is 5.77. The SMILES string of the molecule is CC#CCn1c(N2CCCCC2)nc2nc(Sc3nc(C)cc(C)n3)n(C)c(=O)c21. The largest absolute Gasteiger partial charge is 0.342 e. The molecule has 30 heavy (non-hydrogen) atoms. The van der Waals surface area contributed by atoms with Crippen LogP contribution in [0.2, 0.25) is 0 Å². The Hall–Kier alpha value is -2.86. The Morgan fingerprint density at radius 2 is 1.77 bits per heavy atom.